The molecule has 21 heavy (non-hydrogen) atoms. The molecule has 0 radical (unpaired) electrons. The van der Waals surface area contributed by atoms with Gasteiger partial charge in [-0.25, -0.2) is 9.97 Å². The number of carbonyl (C=O) groups is 1. The van der Waals surface area contributed by atoms with E-state index in [1.165, 1.54) is 19.3 Å². The van der Waals surface area contributed by atoms with Crippen molar-refractivity contribution < 1.29 is 4.79 Å². The predicted molar refractivity (Wildman–Crippen MR) is 80.2 cm³/mol. The number of amides is 1. The van der Waals surface area contributed by atoms with E-state index in [4.69, 9.17) is 0 Å². The first-order valence-electron chi connectivity index (χ1n) is 7.49. The number of aromatic nitrogens is 3. The molecule has 2 unspecified atom stereocenters. The van der Waals surface area contributed by atoms with Gasteiger partial charge in [-0.05, 0) is 30.9 Å². The summed E-state index contributed by atoms with van der Waals surface area (Å²) in [7, 11) is 0. The molecule has 5 nitrogen and oxygen atoms in total. The fourth-order valence-electron chi connectivity index (χ4n) is 2.85. The van der Waals surface area contributed by atoms with Crippen molar-refractivity contribution >= 4 is 5.91 Å². The van der Waals surface area contributed by atoms with E-state index in [2.05, 4.69) is 22.2 Å². The Kier molecular flexibility index (Phi) is 3.99. The van der Waals surface area contributed by atoms with Crippen LogP contribution in [0.4, 0.5) is 0 Å². The Labute approximate surface area is 124 Å². The van der Waals surface area contributed by atoms with Crippen LogP contribution in [0.5, 0.6) is 0 Å². The molecule has 2 heterocycles. The zero-order valence-electron chi connectivity index (χ0n) is 12.2. The van der Waals surface area contributed by atoms with Crippen LogP contribution in [0.1, 0.15) is 43.0 Å². The molecule has 0 bridgehead atoms. The summed E-state index contributed by atoms with van der Waals surface area (Å²) in [5, 5.41) is 3.14. The van der Waals surface area contributed by atoms with Crippen LogP contribution in [0.25, 0.3) is 5.82 Å². The summed E-state index contributed by atoms with van der Waals surface area (Å²) in [5.41, 5.74) is 0.608. The van der Waals surface area contributed by atoms with Gasteiger partial charge in [0.15, 0.2) is 0 Å². The second kappa shape index (κ2) is 6.08. The highest BCUT2D eigenvalue weighted by molar-refractivity contribution is 5.94. The van der Waals surface area contributed by atoms with Gasteiger partial charge in [0.25, 0.3) is 5.91 Å². The summed E-state index contributed by atoms with van der Waals surface area (Å²) in [6.45, 7) is 2.21. The maximum absolute atomic E-state index is 12.3. The molecule has 1 N–H and O–H groups in total. The van der Waals surface area contributed by atoms with Gasteiger partial charge in [-0.2, -0.15) is 0 Å². The molecule has 0 saturated heterocycles. The van der Waals surface area contributed by atoms with Gasteiger partial charge in [0.1, 0.15) is 12.1 Å². The highest BCUT2D eigenvalue weighted by Crippen LogP contribution is 2.24. The third kappa shape index (κ3) is 3.12. The molecule has 2 aromatic rings. The number of imidazole rings is 1. The predicted octanol–water partition coefficient (Wildman–Crippen LogP) is 2.58. The van der Waals surface area contributed by atoms with E-state index >= 15 is 0 Å². The molecular formula is C16H20N4O. The van der Waals surface area contributed by atoms with Gasteiger partial charge in [0.05, 0.1) is 5.56 Å². The lowest BCUT2D eigenvalue weighted by atomic mass is 9.86. The monoisotopic (exact) mass is 284 g/mol. The Bertz CT molecular complexity index is 591. The zero-order valence-corrected chi connectivity index (χ0v) is 12.2. The van der Waals surface area contributed by atoms with Crippen molar-refractivity contribution in [1.29, 1.82) is 0 Å². The van der Waals surface area contributed by atoms with Crippen LogP contribution in [-0.4, -0.2) is 26.5 Å². The van der Waals surface area contributed by atoms with Gasteiger partial charge in [0, 0.05) is 24.6 Å². The highest BCUT2D eigenvalue weighted by atomic mass is 16.1. The Morgan fingerprint density at radius 3 is 2.86 bits per heavy atom. The first-order chi connectivity index (χ1) is 10.2. The second-order valence-corrected chi connectivity index (χ2v) is 5.72. The molecule has 3 rings (SSSR count). The van der Waals surface area contributed by atoms with Crippen LogP contribution in [0.2, 0.25) is 0 Å². The first-order valence-corrected chi connectivity index (χ1v) is 7.49. The highest BCUT2D eigenvalue weighted by Gasteiger charge is 2.23. The molecule has 1 fully saturated rings. The average molecular weight is 284 g/mol. The largest absolute Gasteiger partial charge is 0.349 e. The number of nitrogens with zero attached hydrogens (tertiary/aromatic N) is 3. The molecule has 5 heteroatoms. The zero-order chi connectivity index (χ0) is 14.7. The minimum Gasteiger partial charge on any atom is -0.349 e. The van der Waals surface area contributed by atoms with E-state index in [0.29, 0.717) is 17.5 Å². The third-order valence-electron chi connectivity index (χ3n) is 4.21. The van der Waals surface area contributed by atoms with E-state index in [9.17, 15) is 4.79 Å². The van der Waals surface area contributed by atoms with Crippen molar-refractivity contribution in [3.8, 4) is 5.82 Å². The molecule has 0 spiro atoms. The maximum atomic E-state index is 12.3. The fraction of sp³-hybridized carbons (Fsp3) is 0.438. The van der Waals surface area contributed by atoms with Crippen molar-refractivity contribution in [1.82, 2.24) is 19.9 Å². The van der Waals surface area contributed by atoms with E-state index in [0.717, 1.165) is 12.2 Å². The van der Waals surface area contributed by atoms with Crippen LogP contribution >= 0.6 is 0 Å². The first kappa shape index (κ1) is 13.8. The van der Waals surface area contributed by atoms with Crippen LogP contribution < -0.4 is 5.32 Å². The smallest absolute Gasteiger partial charge is 0.253 e. The Morgan fingerprint density at radius 2 is 2.19 bits per heavy atom. The topological polar surface area (TPSA) is 59.8 Å². The van der Waals surface area contributed by atoms with E-state index in [-0.39, 0.29) is 5.91 Å². The van der Waals surface area contributed by atoms with Crippen molar-refractivity contribution in [2.24, 2.45) is 5.92 Å². The fourth-order valence-corrected chi connectivity index (χ4v) is 2.85. The van der Waals surface area contributed by atoms with Crippen molar-refractivity contribution in [2.75, 3.05) is 0 Å². The van der Waals surface area contributed by atoms with Gasteiger partial charge in [-0.1, -0.05) is 19.8 Å². The number of nitrogens with one attached hydrogen (secondary N) is 1. The normalized spacial score (nSPS) is 22.0. The van der Waals surface area contributed by atoms with E-state index in [1.807, 2.05) is 22.9 Å². The SMILES string of the molecule is CC1CCCCC1NC(=O)c1ccc(-n2ccnc2)nc1. The number of hydrogen-bond acceptors (Lipinski definition) is 3. The molecule has 2 aromatic heterocycles. The number of pyridine rings is 1. The summed E-state index contributed by atoms with van der Waals surface area (Å²) < 4.78 is 1.81. The molecule has 0 aromatic carbocycles. The lowest BCUT2D eigenvalue weighted by molar-refractivity contribution is 0.0910. The summed E-state index contributed by atoms with van der Waals surface area (Å²) in [6.07, 6.45) is 11.6. The quantitative estimate of drug-likeness (QED) is 0.942. The van der Waals surface area contributed by atoms with Gasteiger partial charge in [-0.15, -0.1) is 0 Å². The molecule has 1 amide bonds. The number of carbonyl (C=O) groups excluding carboxylic acids is 1. The minimum atomic E-state index is -0.0292. The van der Waals surface area contributed by atoms with Crippen molar-refractivity contribution in [3.63, 3.8) is 0 Å². The Hall–Kier alpha value is -2.17. The van der Waals surface area contributed by atoms with Gasteiger partial charge in [0.2, 0.25) is 0 Å². The molecular weight excluding hydrogens is 264 g/mol. The van der Waals surface area contributed by atoms with Crippen LogP contribution in [0, 0.1) is 5.92 Å². The van der Waals surface area contributed by atoms with Gasteiger partial charge < -0.3 is 5.32 Å². The summed E-state index contributed by atoms with van der Waals surface area (Å²) >= 11 is 0. The summed E-state index contributed by atoms with van der Waals surface area (Å²) in [5.74, 6) is 1.29. The Balaban J connectivity index is 1.67. The average Bonchev–Trinajstić information content (AvgIpc) is 3.04. The van der Waals surface area contributed by atoms with Crippen LogP contribution in [0.15, 0.2) is 37.1 Å². The van der Waals surface area contributed by atoms with E-state index in [1.54, 1.807) is 18.7 Å². The minimum absolute atomic E-state index is 0.0292. The summed E-state index contributed by atoms with van der Waals surface area (Å²) in [4.78, 5) is 20.6. The molecule has 2 atom stereocenters. The summed E-state index contributed by atoms with van der Waals surface area (Å²) in [6, 6.07) is 3.94. The molecule has 0 aliphatic heterocycles. The molecule has 110 valence electrons. The number of hydrogen-bond donors (Lipinski definition) is 1. The second-order valence-electron chi connectivity index (χ2n) is 5.72. The molecule has 1 aliphatic rings. The Morgan fingerprint density at radius 1 is 1.33 bits per heavy atom. The van der Waals surface area contributed by atoms with Crippen molar-refractivity contribution in [3.05, 3.63) is 42.6 Å². The van der Waals surface area contributed by atoms with Gasteiger partial charge in [-0.3, -0.25) is 9.36 Å². The maximum Gasteiger partial charge on any atom is 0.253 e. The molecule has 1 aliphatic carbocycles. The van der Waals surface area contributed by atoms with Crippen molar-refractivity contribution in [2.45, 2.75) is 38.6 Å². The lowest BCUT2D eigenvalue weighted by Gasteiger charge is -2.29. The van der Waals surface area contributed by atoms with Crippen LogP contribution in [-0.2, 0) is 0 Å². The van der Waals surface area contributed by atoms with E-state index < -0.39 is 0 Å². The van der Waals surface area contributed by atoms with Gasteiger partial charge >= 0.3 is 0 Å². The van der Waals surface area contributed by atoms with Crippen LogP contribution in [0.3, 0.4) is 0 Å². The molecule has 1 saturated carbocycles. The lowest BCUT2D eigenvalue weighted by Crippen LogP contribution is -2.41. The third-order valence-corrected chi connectivity index (χ3v) is 4.21. The standard InChI is InChI=1S/C16H20N4O/c1-12-4-2-3-5-14(12)19-16(21)13-6-7-15(18-10-13)20-9-8-17-11-20/h6-12,14H,2-5H2,1H3,(H,19,21). The number of rotatable bonds is 3.